The standard InChI is InChI=1S/C35H36BrN3O6/c1-42-29-15-9-25(10-16-29)23-37-39-34(41)35(22-24-7-13-28(36)14-8-24)32(27-5-3-6-31(21-27)43-2)45-33(38-35)26-11-17-30(18-12-26)44-20-4-19-40/h3,5-18,21,32,37,40H,4,19-20,22-23H2,1-2H3,(H,39,41)/t32-,35-/m0/s1. The second-order valence-electron chi connectivity index (χ2n) is 10.5. The summed E-state index contributed by atoms with van der Waals surface area (Å²) in [7, 11) is 3.22. The summed E-state index contributed by atoms with van der Waals surface area (Å²) in [6.07, 6.45) is 0.0406. The van der Waals surface area contributed by atoms with E-state index in [2.05, 4.69) is 26.8 Å². The molecule has 45 heavy (non-hydrogen) atoms. The molecule has 0 spiro atoms. The average Bonchev–Trinajstić information content (AvgIpc) is 3.47. The van der Waals surface area contributed by atoms with Crippen molar-refractivity contribution in [2.75, 3.05) is 27.4 Å². The Morgan fingerprint density at radius 2 is 1.60 bits per heavy atom. The van der Waals surface area contributed by atoms with E-state index < -0.39 is 11.6 Å². The van der Waals surface area contributed by atoms with Crippen LogP contribution in [0, 0.1) is 0 Å². The van der Waals surface area contributed by atoms with Crippen molar-refractivity contribution in [3.05, 3.63) is 124 Å². The lowest BCUT2D eigenvalue weighted by atomic mass is 9.82. The lowest BCUT2D eigenvalue weighted by molar-refractivity contribution is -0.130. The smallest absolute Gasteiger partial charge is 0.266 e. The summed E-state index contributed by atoms with van der Waals surface area (Å²) < 4.78 is 24.0. The van der Waals surface area contributed by atoms with Crippen LogP contribution in [0.3, 0.4) is 0 Å². The Balaban J connectivity index is 1.51. The number of carbonyl (C=O) groups is 1. The molecule has 0 bridgehead atoms. The molecule has 0 saturated carbocycles. The molecule has 1 heterocycles. The molecule has 1 aliphatic heterocycles. The maximum atomic E-state index is 14.4. The number of aliphatic hydroxyl groups is 1. The highest BCUT2D eigenvalue weighted by Crippen LogP contribution is 2.43. The molecule has 9 nitrogen and oxygen atoms in total. The first-order valence-corrected chi connectivity index (χ1v) is 15.4. The number of hydrogen-bond acceptors (Lipinski definition) is 8. The molecule has 5 rings (SSSR count). The zero-order valence-corrected chi connectivity index (χ0v) is 26.8. The molecule has 0 fully saturated rings. The van der Waals surface area contributed by atoms with Gasteiger partial charge in [-0.1, -0.05) is 52.3 Å². The van der Waals surface area contributed by atoms with Gasteiger partial charge in [-0.15, -0.1) is 0 Å². The summed E-state index contributed by atoms with van der Waals surface area (Å²) in [6, 6.07) is 30.3. The summed E-state index contributed by atoms with van der Waals surface area (Å²) in [5.41, 5.74) is 7.97. The number of nitrogens with one attached hydrogen (secondary N) is 2. The van der Waals surface area contributed by atoms with Crippen LogP contribution in [-0.2, 0) is 22.5 Å². The number of hydrazine groups is 1. The summed E-state index contributed by atoms with van der Waals surface area (Å²) in [6.45, 7) is 0.861. The van der Waals surface area contributed by atoms with E-state index in [1.807, 2.05) is 97.1 Å². The molecule has 3 N–H and O–H groups in total. The average molecular weight is 675 g/mol. The minimum absolute atomic E-state index is 0.0614. The number of carbonyl (C=O) groups excluding carboxylic acids is 1. The van der Waals surface area contributed by atoms with E-state index >= 15 is 0 Å². The SMILES string of the molecule is COc1ccc(CNNC(=O)[C@@]2(Cc3ccc(Br)cc3)N=C(c3ccc(OCCCO)cc3)O[C@H]2c2cccc(OC)c2)cc1. The highest BCUT2D eigenvalue weighted by atomic mass is 79.9. The van der Waals surface area contributed by atoms with Crippen LogP contribution in [0.25, 0.3) is 0 Å². The van der Waals surface area contributed by atoms with Gasteiger partial charge >= 0.3 is 0 Å². The van der Waals surface area contributed by atoms with Gasteiger partial charge in [0, 0.05) is 36.0 Å². The molecule has 4 aromatic rings. The van der Waals surface area contributed by atoms with Gasteiger partial charge in [-0.25, -0.2) is 10.4 Å². The van der Waals surface area contributed by atoms with E-state index in [1.54, 1.807) is 14.2 Å². The van der Waals surface area contributed by atoms with Crippen LogP contribution in [0.2, 0.25) is 0 Å². The van der Waals surface area contributed by atoms with Crippen LogP contribution in [0.15, 0.2) is 107 Å². The lowest BCUT2D eigenvalue weighted by Gasteiger charge is -2.31. The number of rotatable bonds is 14. The van der Waals surface area contributed by atoms with Crippen LogP contribution >= 0.6 is 15.9 Å². The maximum absolute atomic E-state index is 14.4. The van der Waals surface area contributed by atoms with Gasteiger partial charge in [0.1, 0.15) is 17.2 Å². The first-order valence-electron chi connectivity index (χ1n) is 14.6. The van der Waals surface area contributed by atoms with Crippen LogP contribution in [-0.4, -0.2) is 49.9 Å². The third-order valence-corrected chi connectivity index (χ3v) is 8.00. The molecule has 0 saturated heterocycles. The highest BCUT2D eigenvalue weighted by Gasteiger charge is 2.53. The summed E-state index contributed by atoms with van der Waals surface area (Å²) in [5, 5.41) is 9.06. The monoisotopic (exact) mass is 673 g/mol. The second kappa shape index (κ2) is 15.1. The Labute approximate surface area is 271 Å². The topological polar surface area (TPSA) is 111 Å². The van der Waals surface area contributed by atoms with Crippen molar-refractivity contribution in [1.82, 2.24) is 10.9 Å². The van der Waals surface area contributed by atoms with E-state index in [1.165, 1.54) is 0 Å². The van der Waals surface area contributed by atoms with Gasteiger partial charge in [-0.3, -0.25) is 10.2 Å². The number of aliphatic imine (C=N–C) groups is 1. The molecule has 10 heteroatoms. The molecule has 0 aromatic heterocycles. The first-order chi connectivity index (χ1) is 21.9. The second-order valence-corrected chi connectivity index (χ2v) is 11.4. The Morgan fingerprint density at radius 3 is 2.29 bits per heavy atom. The van der Waals surface area contributed by atoms with Gasteiger partial charge in [0.15, 0.2) is 11.6 Å². The fraction of sp³-hybridized carbons (Fsp3) is 0.257. The number of amides is 1. The van der Waals surface area contributed by atoms with E-state index in [4.69, 9.17) is 29.0 Å². The molecule has 0 unspecified atom stereocenters. The predicted octanol–water partition coefficient (Wildman–Crippen LogP) is 5.55. The third kappa shape index (κ3) is 7.83. The molecule has 2 atom stereocenters. The number of benzene rings is 4. The van der Waals surface area contributed by atoms with Gasteiger partial charge in [0.2, 0.25) is 5.90 Å². The van der Waals surface area contributed by atoms with E-state index in [-0.39, 0.29) is 18.9 Å². The van der Waals surface area contributed by atoms with Crippen LogP contribution in [0.4, 0.5) is 0 Å². The van der Waals surface area contributed by atoms with Gasteiger partial charge in [-0.2, -0.15) is 0 Å². The molecule has 0 aliphatic carbocycles. The van der Waals surface area contributed by atoms with Crippen molar-refractivity contribution in [2.24, 2.45) is 4.99 Å². The molecule has 1 amide bonds. The molecular formula is C35H36BrN3O6. The fourth-order valence-corrected chi connectivity index (χ4v) is 5.34. The third-order valence-electron chi connectivity index (χ3n) is 7.47. The Hall–Kier alpha value is -4.38. The highest BCUT2D eigenvalue weighted by molar-refractivity contribution is 9.10. The van der Waals surface area contributed by atoms with Crippen molar-refractivity contribution >= 4 is 27.7 Å². The molecule has 0 radical (unpaired) electrons. The van der Waals surface area contributed by atoms with Crippen molar-refractivity contribution in [3.63, 3.8) is 0 Å². The summed E-state index contributed by atoms with van der Waals surface area (Å²) >= 11 is 3.51. The van der Waals surface area contributed by atoms with E-state index in [0.29, 0.717) is 42.5 Å². The number of hydrogen-bond donors (Lipinski definition) is 3. The van der Waals surface area contributed by atoms with Gasteiger partial charge < -0.3 is 24.1 Å². The number of nitrogens with zero attached hydrogens (tertiary/aromatic N) is 1. The first kappa shape index (κ1) is 32.0. The Bertz CT molecular complexity index is 1600. The predicted molar refractivity (Wildman–Crippen MR) is 176 cm³/mol. The van der Waals surface area contributed by atoms with Crippen LogP contribution in [0.1, 0.15) is 34.8 Å². The van der Waals surface area contributed by atoms with Crippen molar-refractivity contribution < 1.29 is 28.8 Å². The summed E-state index contributed by atoms with van der Waals surface area (Å²) in [5.74, 6) is 2.06. The van der Waals surface area contributed by atoms with Crippen molar-refractivity contribution in [2.45, 2.75) is 31.0 Å². The van der Waals surface area contributed by atoms with Gasteiger partial charge in [-0.05, 0) is 77.4 Å². The lowest BCUT2D eigenvalue weighted by Crippen LogP contribution is -2.53. The zero-order valence-electron chi connectivity index (χ0n) is 25.2. The number of ether oxygens (including phenoxy) is 4. The fourth-order valence-electron chi connectivity index (χ4n) is 5.08. The number of aliphatic hydroxyl groups excluding tert-OH is 1. The number of halogens is 1. The normalized spacial score (nSPS) is 17.2. The molecule has 1 aliphatic rings. The van der Waals surface area contributed by atoms with E-state index in [0.717, 1.165) is 26.9 Å². The van der Waals surface area contributed by atoms with E-state index in [9.17, 15) is 4.79 Å². The maximum Gasteiger partial charge on any atom is 0.266 e. The Morgan fingerprint density at radius 1 is 0.911 bits per heavy atom. The zero-order chi connectivity index (χ0) is 31.6. The van der Waals surface area contributed by atoms with Crippen LogP contribution in [0.5, 0.6) is 17.2 Å². The molecule has 4 aromatic carbocycles. The minimum atomic E-state index is -1.38. The van der Waals surface area contributed by atoms with Gasteiger partial charge in [0.05, 0.1) is 20.8 Å². The minimum Gasteiger partial charge on any atom is -0.497 e. The summed E-state index contributed by atoms with van der Waals surface area (Å²) in [4.78, 5) is 19.5. The van der Waals surface area contributed by atoms with Crippen molar-refractivity contribution in [3.8, 4) is 17.2 Å². The van der Waals surface area contributed by atoms with Crippen LogP contribution < -0.4 is 25.1 Å². The quantitative estimate of drug-likeness (QED) is 0.119. The molecular weight excluding hydrogens is 638 g/mol. The Kier molecular flexibility index (Phi) is 10.7. The largest absolute Gasteiger partial charge is 0.497 e. The van der Waals surface area contributed by atoms with Gasteiger partial charge in [0.25, 0.3) is 5.91 Å². The number of methoxy groups -OCH3 is 2. The van der Waals surface area contributed by atoms with Crippen molar-refractivity contribution in [1.29, 1.82) is 0 Å². The molecule has 234 valence electrons.